The van der Waals surface area contributed by atoms with Crippen LogP contribution in [0.5, 0.6) is 0 Å². The highest BCUT2D eigenvalue weighted by molar-refractivity contribution is 5.94. The fourth-order valence-electron chi connectivity index (χ4n) is 2.31. The van der Waals surface area contributed by atoms with Crippen LogP contribution in [0.25, 0.3) is 11.3 Å². The number of carbonyl (C=O) groups is 1. The lowest BCUT2D eigenvalue weighted by Crippen LogP contribution is -2.22. The number of nitrogens with one attached hydrogen (secondary N) is 1. The summed E-state index contributed by atoms with van der Waals surface area (Å²) >= 11 is 0. The highest BCUT2D eigenvalue weighted by Crippen LogP contribution is 2.14. The minimum Gasteiger partial charge on any atom is -0.348 e. The van der Waals surface area contributed by atoms with Crippen molar-refractivity contribution in [2.24, 2.45) is 0 Å². The van der Waals surface area contributed by atoms with Gasteiger partial charge in [-0.2, -0.15) is 0 Å². The maximum absolute atomic E-state index is 12.2. The third kappa shape index (κ3) is 3.81. The van der Waals surface area contributed by atoms with E-state index in [2.05, 4.69) is 39.3 Å². The van der Waals surface area contributed by atoms with Crippen molar-refractivity contribution in [3.8, 4) is 11.3 Å². The molecule has 0 unspecified atom stereocenters. The quantitative estimate of drug-likeness (QED) is 0.785. The van der Waals surface area contributed by atoms with E-state index in [-0.39, 0.29) is 5.91 Å². The predicted octanol–water partition coefficient (Wildman–Crippen LogP) is 3.03. The molecule has 2 heterocycles. The molecule has 2 aromatic heterocycles. The number of hydrogen-bond acceptors (Lipinski definition) is 4. The Labute approximate surface area is 140 Å². The van der Waals surface area contributed by atoms with E-state index in [1.165, 1.54) is 11.9 Å². The maximum atomic E-state index is 12.2. The van der Waals surface area contributed by atoms with E-state index in [4.69, 9.17) is 0 Å². The average molecular weight is 318 g/mol. The van der Waals surface area contributed by atoms with Crippen LogP contribution in [0.2, 0.25) is 0 Å². The summed E-state index contributed by atoms with van der Waals surface area (Å²) in [5.41, 5.74) is 4.45. The van der Waals surface area contributed by atoms with Crippen molar-refractivity contribution in [2.75, 3.05) is 0 Å². The summed E-state index contributed by atoms with van der Waals surface area (Å²) in [7, 11) is 0. The number of hydrogen-bond donors (Lipinski definition) is 1. The van der Waals surface area contributed by atoms with Crippen LogP contribution in [-0.2, 0) is 13.0 Å². The van der Waals surface area contributed by atoms with Crippen molar-refractivity contribution in [2.45, 2.75) is 19.9 Å². The fraction of sp³-hybridized carbons (Fsp3) is 0.158. The molecule has 0 fully saturated rings. The van der Waals surface area contributed by atoms with E-state index in [9.17, 15) is 4.79 Å². The first-order chi connectivity index (χ1) is 11.8. The second-order valence-electron chi connectivity index (χ2n) is 5.41. The van der Waals surface area contributed by atoms with Gasteiger partial charge in [-0.05, 0) is 29.7 Å². The Kier molecular flexibility index (Phi) is 4.91. The smallest absolute Gasteiger partial charge is 0.253 e. The van der Waals surface area contributed by atoms with Gasteiger partial charge in [0.1, 0.15) is 6.33 Å². The van der Waals surface area contributed by atoms with Crippen LogP contribution in [-0.4, -0.2) is 20.9 Å². The molecule has 24 heavy (non-hydrogen) atoms. The van der Waals surface area contributed by atoms with Gasteiger partial charge >= 0.3 is 0 Å². The van der Waals surface area contributed by atoms with E-state index >= 15 is 0 Å². The summed E-state index contributed by atoms with van der Waals surface area (Å²) in [6.45, 7) is 2.62. The molecule has 120 valence electrons. The van der Waals surface area contributed by atoms with Crippen LogP contribution < -0.4 is 5.32 Å². The van der Waals surface area contributed by atoms with Crippen LogP contribution in [0.4, 0.5) is 0 Å². The van der Waals surface area contributed by atoms with Gasteiger partial charge in [0.25, 0.3) is 5.91 Å². The van der Waals surface area contributed by atoms with Gasteiger partial charge in [-0.3, -0.25) is 9.78 Å². The molecule has 0 aliphatic heterocycles. The van der Waals surface area contributed by atoms with Crippen molar-refractivity contribution < 1.29 is 4.79 Å². The molecule has 0 saturated heterocycles. The third-order valence-corrected chi connectivity index (χ3v) is 3.77. The Morgan fingerprint density at radius 1 is 0.958 bits per heavy atom. The summed E-state index contributed by atoms with van der Waals surface area (Å²) in [5.74, 6) is -0.141. The number of benzene rings is 1. The topological polar surface area (TPSA) is 67.8 Å². The Morgan fingerprint density at radius 2 is 1.67 bits per heavy atom. The number of aryl methyl sites for hydroxylation is 1. The zero-order valence-electron chi connectivity index (χ0n) is 13.4. The van der Waals surface area contributed by atoms with Crippen LogP contribution in [0, 0.1) is 0 Å². The molecular formula is C19H18N4O. The van der Waals surface area contributed by atoms with E-state index in [1.54, 1.807) is 30.7 Å². The van der Waals surface area contributed by atoms with Crippen LogP contribution in [0.15, 0.2) is 61.3 Å². The molecule has 0 spiro atoms. The first-order valence-corrected chi connectivity index (χ1v) is 7.83. The van der Waals surface area contributed by atoms with E-state index in [0.717, 1.165) is 23.2 Å². The Balaban J connectivity index is 1.62. The van der Waals surface area contributed by atoms with Crippen LogP contribution in [0.3, 0.4) is 0 Å². The van der Waals surface area contributed by atoms with Gasteiger partial charge in [0.15, 0.2) is 0 Å². The summed E-state index contributed by atoms with van der Waals surface area (Å²) in [6, 6.07) is 11.8. The number of nitrogens with zero attached hydrogens (tertiary/aromatic N) is 3. The van der Waals surface area contributed by atoms with E-state index in [1.807, 2.05) is 12.1 Å². The Morgan fingerprint density at radius 3 is 2.29 bits per heavy atom. The highest BCUT2D eigenvalue weighted by Gasteiger charge is 2.07. The monoisotopic (exact) mass is 318 g/mol. The highest BCUT2D eigenvalue weighted by atomic mass is 16.1. The van der Waals surface area contributed by atoms with Crippen molar-refractivity contribution in [3.05, 3.63) is 78.0 Å². The number of amides is 1. The Hall–Kier alpha value is -3.08. The second-order valence-corrected chi connectivity index (χ2v) is 5.41. The lowest BCUT2D eigenvalue weighted by Gasteiger charge is -2.07. The molecular weight excluding hydrogens is 300 g/mol. The molecule has 1 N–H and O–H groups in total. The lowest BCUT2D eigenvalue weighted by atomic mass is 10.1. The van der Waals surface area contributed by atoms with Crippen molar-refractivity contribution in [3.63, 3.8) is 0 Å². The van der Waals surface area contributed by atoms with Crippen molar-refractivity contribution in [1.29, 1.82) is 0 Å². The molecule has 0 radical (unpaired) electrons. The zero-order chi connectivity index (χ0) is 16.8. The van der Waals surface area contributed by atoms with Crippen LogP contribution >= 0.6 is 0 Å². The fourth-order valence-corrected chi connectivity index (χ4v) is 2.31. The SMILES string of the molecule is CCc1ccc(CNC(=O)c2ccc(-c3cncnc3)nc2)cc1. The molecule has 0 aliphatic rings. The molecule has 0 bridgehead atoms. The number of rotatable bonds is 5. The minimum atomic E-state index is -0.141. The molecule has 0 atom stereocenters. The summed E-state index contributed by atoms with van der Waals surface area (Å²) in [5, 5.41) is 2.91. The molecule has 0 aliphatic carbocycles. The molecule has 1 aromatic carbocycles. The summed E-state index contributed by atoms with van der Waals surface area (Å²) in [4.78, 5) is 24.4. The van der Waals surface area contributed by atoms with Crippen molar-refractivity contribution >= 4 is 5.91 Å². The maximum Gasteiger partial charge on any atom is 0.253 e. The molecule has 1 amide bonds. The van der Waals surface area contributed by atoms with Gasteiger partial charge < -0.3 is 5.32 Å². The second kappa shape index (κ2) is 7.46. The number of pyridine rings is 1. The summed E-state index contributed by atoms with van der Waals surface area (Å²) in [6.07, 6.45) is 7.43. The van der Waals surface area contributed by atoms with Gasteiger partial charge in [-0.1, -0.05) is 31.2 Å². The average Bonchev–Trinajstić information content (AvgIpc) is 2.67. The third-order valence-electron chi connectivity index (χ3n) is 3.77. The zero-order valence-corrected chi connectivity index (χ0v) is 13.4. The van der Waals surface area contributed by atoms with Gasteiger partial charge in [-0.25, -0.2) is 9.97 Å². The number of aromatic nitrogens is 3. The minimum absolute atomic E-state index is 0.141. The Bertz CT molecular complexity index is 799. The molecule has 3 rings (SSSR count). The lowest BCUT2D eigenvalue weighted by molar-refractivity contribution is 0.0950. The van der Waals surface area contributed by atoms with Crippen LogP contribution in [0.1, 0.15) is 28.4 Å². The van der Waals surface area contributed by atoms with E-state index < -0.39 is 0 Å². The number of carbonyl (C=O) groups excluding carboxylic acids is 1. The van der Waals surface area contributed by atoms with Gasteiger partial charge in [0.2, 0.25) is 0 Å². The molecule has 3 aromatic rings. The van der Waals surface area contributed by atoms with Crippen molar-refractivity contribution in [1.82, 2.24) is 20.3 Å². The van der Waals surface area contributed by atoms with Gasteiger partial charge in [0, 0.05) is 30.7 Å². The molecule has 0 saturated carbocycles. The standard InChI is InChI=1S/C19H18N4O/c1-2-14-3-5-15(6-4-14)9-23-19(24)16-7-8-18(22-12-16)17-10-20-13-21-11-17/h3-8,10-13H,2,9H2,1H3,(H,23,24). The first kappa shape index (κ1) is 15.8. The first-order valence-electron chi connectivity index (χ1n) is 7.83. The summed E-state index contributed by atoms with van der Waals surface area (Å²) < 4.78 is 0. The van der Waals surface area contributed by atoms with E-state index in [0.29, 0.717) is 12.1 Å². The predicted molar refractivity (Wildman–Crippen MR) is 92.3 cm³/mol. The normalized spacial score (nSPS) is 10.4. The van der Waals surface area contributed by atoms with Gasteiger partial charge in [0.05, 0.1) is 11.3 Å². The molecule has 5 heteroatoms. The molecule has 5 nitrogen and oxygen atoms in total. The van der Waals surface area contributed by atoms with Gasteiger partial charge in [-0.15, -0.1) is 0 Å². The largest absolute Gasteiger partial charge is 0.348 e.